The molecule has 0 aliphatic rings. The molecule has 2 rings (SSSR count). The van der Waals surface area contributed by atoms with Gasteiger partial charge in [-0.15, -0.1) is 0 Å². The van der Waals surface area contributed by atoms with Crippen molar-refractivity contribution in [3.05, 3.63) is 87.6 Å². The molecule has 0 aromatic heterocycles. The first kappa shape index (κ1) is 36.0. The van der Waals surface area contributed by atoms with E-state index in [1.165, 1.54) is 28.5 Å². The summed E-state index contributed by atoms with van der Waals surface area (Å²) in [6, 6.07) is 13.3. The first-order valence-electron chi connectivity index (χ1n) is 15.3. The van der Waals surface area contributed by atoms with Crippen LogP contribution in [0.4, 0.5) is 0 Å². The molecule has 228 valence electrons. The molecular weight excluding hydrogens is 508 g/mol. The highest BCUT2D eigenvalue weighted by Crippen LogP contribution is 2.40. The fourth-order valence-electron chi connectivity index (χ4n) is 5.33. The molecule has 0 saturated carbocycles. The second-order valence-electron chi connectivity index (χ2n) is 11.7. The van der Waals surface area contributed by atoms with Crippen LogP contribution in [0.1, 0.15) is 114 Å². The standard InChI is InChI=1S/C34H50N2O3.C2H6/c1-9-34(10-2,27-14-12-26(23(4)18-27)13-17-31(37)33(6,7)8)28-15-16-29(24(5)19-28)30(36)20-25(22-35)21-32(38)39-11-3;1-2/h12,14-16,18-20,22,31,37H,9-11,13,17,21,35-36H2,1-8H3;1-2H3/b25-22+,30-20-;. The van der Waals surface area contributed by atoms with Gasteiger partial charge in [0.15, 0.2) is 0 Å². The number of hydrogen-bond donors (Lipinski definition) is 3. The molecule has 1 atom stereocenters. The van der Waals surface area contributed by atoms with Gasteiger partial charge in [-0.2, -0.15) is 0 Å². The predicted molar refractivity (Wildman–Crippen MR) is 175 cm³/mol. The zero-order valence-corrected chi connectivity index (χ0v) is 27.4. The average molecular weight is 565 g/mol. The second kappa shape index (κ2) is 16.4. The van der Waals surface area contributed by atoms with Crippen molar-refractivity contribution in [2.75, 3.05) is 6.61 Å². The Bertz CT molecular complexity index is 1180. The van der Waals surface area contributed by atoms with Crippen LogP contribution in [0.2, 0.25) is 0 Å². The van der Waals surface area contributed by atoms with Gasteiger partial charge in [0.25, 0.3) is 0 Å². The molecule has 41 heavy (non-hydrogen) atoms. The van der Waals surface area contributed by atoms with Crippen LogP contribution < -0.4 is 11.5 Å². The van der Waals surface area contributed by atoms with E-state index in [0.29, 0.717) is 17.9 Å². The Morgan fingerprint density at radius 2 is 1.54 bits per heavy atom. The highest BCUT2D eigenvalue weighted by Gasteiger charge is 2.31. The lowest BCUT2D eigenvalue weighted by Crippen LogP contribution is -2.27. The van der Waals surface area contributed by atoms with Crippen LogP contribution >= 0.6 is 0 Å². The van der Waals surface area contributed by atoms with E-state index in [1.54, 1.807) is 13.0 Å². The third-order valence-corrected chi connectivity index (χ3v) is 8.09. The number of benzene rings is 2. The monoisotopic (exact) mass is 564 g/mol. The Kier molecular flexibility index (Phi) is 14.4. The molecule has 0 fully saturated rings. The number of aliphatic hydroxyl groups is 1. The molecule has 0 amide bonds. The van der Waals surface area contributed by atoms with Crippen molar-refractivity contribution in [1.29, 1.82) is 0 Å². The molecule has 0 aliphatic heterocycles. The largest absolute Gasteiger partial charge is 0.466 e. The quantitative estimate of drug-likeness (QED) is 0.180. The molecule has 5 N–H and O–H groups in total. The maximum atomic E-state index is 11.9. The average Bonchev–Trinajstić information content (AvgIpc) is 2.93. The maximum Gasteiger partial charge on any atom is 0.310 e. The van der Waals surface area contributed by atoms with Gasteiger partial charge in [-0.3, -0.25) is 4.79 Å². The topological polar surface area (TPSA) is 98.6 Å². The number of hydrogen-bond acceptors (Lipinski definition) is 5. The fraction of sp³-hybridized carbons (Fsp3) is 0.528. The van der Waals surface area contributed by atoms with Gasteiger partial charge >= 0.3 is 5.97 Å². The fourth-order valence-corrected chi connectivity index (χ4v) is 5.33. The van der Waals surface area contributed by atoms with Crippen LogP contribution in [0, 0.1) is 19.3 Å². The summed E-state index contributed by atoms with van der Waals surface area (Å²) in [5, 5.41) is 10.5. The lowest BCUT2D eigenvalue weighted by atomic mass is 9.69. The van der Waals surface area contributed by atoms with Crippen LogP contribution in [0.25, 0.3) is 5.70 Å². The molecule has 0 aliphatic carbocycles. The number of aryl methyl sites for hydroxylation is 3. The first-order valence-corrected chi connectivity index (χ1v) is 15.3. The lowest BCUT2D eigenvalue weighted by Gasteiger charge is -2.34. The lowest BCUT2D eigenvalue weighted by molar-refractivity contribution is -0.142. The van der Waals surface area contributed by atoms with Crippen molar-refractivity contribution in [2.45, 2.75) is 113 Å². The normalized spacial score (nSPS) is 13.3. The molecule has 1 unspecified atom stereocenters. The summed E-state index contributed by atoms with van der Waals surface area (Å²) in [5.74, 6) is -0.326. The van der Waals surface area contributed by atoms with Crippen molar-refractivity contribution in [3.8, 4) is 0 Å². The molecule has 2 aromatic carbocycles. The van der Waals surface area contributed by atoms with Crippen LogP contribution in [0.3, 0.4) is 0 Å². The number of rotatable bonds is 12. The van der Waals surface area contributed by atoms with Gasteiger partial charge in [-0.25, -0.2) is 0 Å². The van der Waals surface area contributed by atoms with E-state index in [2.05, 4.69) is 84.9 Å². The SMILES string of the molecule is CC.CCOC(=O)CC(=C/N)/C=C(\N)c1ccc(C(CC)(CC)c2ccc(CCC(O)C(C)(C)C)c(C)c2)cc1C. The van der Waals surface area contributed by atoms with Crippen molar-refractivity contribution >= 4 is 11.7 Å². The van der Waals surface area contributed by atoms with Gasteiger partial charge in [-0.1, -0.05) is 84.9 Å². The van der Waals surface area contributed by atoms with Crippen molar-refractivity contribution < 1.29 is 14.6 Å². The Balaban J connectivity index is 0.00000411. The third kappa shape index (κ3) is 9.49. The van der Waals surface area contributed by atoms with E-state index in [1.807, 2.05) is 13.8 Å². The minimum atomic E-state index is -0.327. The van der Waals surface area contributed by atoms with Crippen LogP contribution in [0.5, 0.6) is 0 Å². The molecule has 0 radical (unpaired) electrons. The molecule has 0 heterocycles. The van der Waals surface area contributed by atoms with Gasteiger partial charge in [-0.05, 0) is 97.5 Å². The van der Waals surface area contributed by atoms with Crippen LogP contribution in [-0.2, 0) is 21.4 Å². The van der Waals surface area contributed by atoms with Gasteiger partial charge in [0.05, 0.1) is 19.1 Å². The number of carbonyl (C=O) groups excluding carboxylic acids is 1. The number of carbonyl (C=O) groups is 1. The minimum absolute atomic E-state index is 0.0848. The predicted octanol–water partition coefficient (Wildman–Crippen LogP) is 7.87. The van der Waals surface area contributed by atoms with E-state index in [0.717, 1.165) is 36.8 Å². The summed E-state index contributed by atoms with van der Waals surface area (Å²) in [7, 11) is 0. The Morgan fingerprint density at radius 1 is 0.976 bits per heavy atom. The highest BCUT2D eigenvalue weighted by atomic mass is 16.5. The molecular formula is C36H56N2O3. The number of ether oxygens (including phenoxy) is 1. The summed E-state index contributed by atoms with van der Waals surface area (Å²) in [4.78, 5) is 11.9. The number of esters is 1. The van der Waals surface area contributed by atoms with E-state index in [4.69, 9.17) is 16.2 Å². The van der Waals surface area contributed by atoms with E-state index >= 15 is 0 Å². The Morgan fingerprint density at radius 3 is 2.00 bits per heavy atom. The molecule has 0 saturated heterocycles. The summed E-state index contributed by atoms with van der Waals surface area (Å²) >= 11 is 0. The maximum absolute atomic E-state index is 11.9. The molecule has 5 heteroatoms. The van der Waals surface area contributed by atoms with E-state index in [-0.39, 0.29) is 29.3 Å². The smallest absolute Gasteiger partial charge is 0.310 e. The number of nitrogens with two attached hydrogens (primary N) is 2. The molecule has 0 bridgehead atoms. The van der Waals surface area contributed by atoms with Crippen LogP contribution in [-0.4, -0.2) is 23.8 Å². The summed E-state index contributed by atoms with van der Waals surface area (Å²) in [6.45, 7) is 21.1. The van der Waals surface area contributed by atoms with Gasteiger partial charge in [0, 0.05) is 16.7 Å². The van der Waals surface area contributed by atoms with Crippen molar-refractivity contribution in [1.82, 2.24) is 0 Å². The summed E-state index contributed by atoms with van der Waals surface area (Å²) in [5.41, 5.74) is 20.3. The van der Waals surface area contributed by atoms with E-state index in [9.17, 15) is 9.90 Å². The number of aliphatic hydroxyl groups excluding tert-OH is 1. The summed E-state index contributed by atoms with van der Waals surface area (Å²) < 4.78 is 5.04. The minimum Gasteiger partial charge on any atom is -0.466 e. The third-order valence-electron chi connectivity index (χ3n) is 8.09. The van der Waals surface area contributed by atoms with Gasteiger partial charge in [0.2, 0.25) is 0 Å². The zero-order chi connectivity index (χ0) is 31.4. The van der Waals surface area contributed by atoms with Crippen molar-refractivity contribution in [3.63, 3.8) is 0 Å². The Labute approximate surface area is 250 Å². The van der Waals surface area contributed by atoms with Crippen molar-refractivity contribution in [2.24, 2.45) is 16.9 Å². The molecule has 5 nitrogen and oxygen atoms in total. The zero-order valence-electron chi connectivity index (χ0n) is 27.4. The molecule has 0 spiro atoms. The first-order chi connectivity index (χ1) is 19.3. The highest BCUT2D eigenvalue weighted by molar-refractivity contribution is 5.76. The second-order valence-corrected chi connectivity index (χ2v) is 11.7. The Hall–Kier alpha value is -3.05. The van der Waals surface area contributed by atoms with Gasteiger partial charge < -0.3 is 21.3 Å². The van der Waals surface area contributed by atoms with E-state index < -0.39 is 0 Å². The molecule has 2 aromatic rings. The van der Waals surface area contributed by atoms with Crippen LogP contribution in [0.15, 0.2) is 54.2 Å². The van der Waals surface area contributed by atoms with Gasteiger partial charge in [0.1, 0.15) is 0 Å². The number of allylic oxidation sites excluding steroid dienone is 1. The summed E-state index contributed by atoms with van der Waals surface area (Å²) in [6.07, 6.45) is 6.47.